The summed E-state index contributed by atoms with van der Waals surface area (Å²) in [6.45, 7) is 1.88. The van der Waals surface area contributed by atoms with Crippen molar-refractivity contribution in [2.45, 2.75) is 19.4 Å². The molecule has 7 heteroatoms. The van der Waals surface area contributed by atoms with Gasteiger partial charge in [-0.05, 0) is 22.9 Å². The van der Waals surface area contributed by atoms with Crippen LogP contribution in [0.2, 0.25) is 0 Å². The topological polar surface area (TPSA) is 120 Å². The number of hydrogen-bond acceptors (Lipinski definition) is 4. The summed E-state index contributed by atoms with van der Waals surface area (Å²) < 4.78 is 0.653. The number of pyridine rings is 1. The maximum atomic E-state index is 10.7. The number of hydrogen-bond donors (Lipinski definition) is 2. The Kier molecular flexibility index (Phi) is 6.60. The molecule has 1 rings (SSSR count). The number of nitrogens with one attached hydrogen (secondary N) is 1. The fourth-order valence-corrected chi connectivity index (χ4v) is 1.44. The van der Waals surface area contributed by atoms with Gasteiger partial charge in [0, 0.05) is 12.1 Å². The Morgan fingerprint density at radius 1 is 1.75 bits per heavy atom. The van der Waals surface area contributed by atoms with Crippen LogP contribution < -0.4 is 10.8 Å². The lowest BCUT2D eigenvalue weighted by molar-refractivity contribution is -0.496. The van der Waals surface area contributed by atoms with Crippen molar-refractivity contribution in [3.63, 3.8) is 0 Å². The molecule has 0 saturated heterocycles. The van der Waals surface area contributed by atoms with Crippen LogP contribution in [-0.2, 0) is 0 Å². The second-order valence-electron chi connectivity index (χ2n) is 3.12. The number of halogens is 1. The van der Waals surface area contributed by atoms with Gasteiger partial charge in [-0.25, -0.2) is 4.98 Å². The van der Waals surface area contributed by atoms with Crippen molar-refractivity contribution in [3.05, 3.63) is 22.1 Å². The lowest BCUT2D eigenvalue weighted by Gasteiger charge is -2.14. The molecule has 1 aromatic rings. The normalized spacial score (nSPS) is 11.1. The SMILES string of the molecule is CC(CC#N)Nc1cc(Br)ncc1[NH2+][O-].O. The van der Waals surface area contributed by atoms with Gasteiger partial charge in [-0.15, -0.1) is 0 Å². The zero-order valence-corrected chi connectivity index (χ0v) is 10.3. The first-order valence-corrected chi connectivity index (χ1v) is 5.21. The van der Waals surface area contributed by atoms with Crippen LogP contribution in [0.5, 0.6) is 0 Å². The predicted molar refractivity (Wildman–Crippen MR) is 63.8 cm³/mol. The van der Waals surface area contributed by atoms with E-state index in [0.29, 0.717) is 22.4 Å². The lowest BCUT2D eigenvalue weighted by atomic mass is 10.2. The Bertz CT molecular complexity index is 380. The number of anilines is 1. The molecule has 0 aliphatic heterocycles. The van der Waals surface area contributed by atoms with E-state index in [4.69, 9.17) is 5.26 Å². The van der Waals surface area contributed by atoms with Crippen LogP contribution in [0.25, 0.3) is 0 Å². The fourth-order valence-electron chi connectivity index (χ4n) is 1.11. The second kappa shape index (κ2) is 7.14. The summed E-state index contributed by atoms with van der Waals surface area (Å²) in [4.78, 5) is 3.94. The van der Waals surface area contributed by atoms with Crippen LogP contribution >= 0.6 is 15.9 Å². The van der Waals surface area contributed by atoms with Gasteiger partial charge in [-0.1, -0.05) is 0 Å². The number of quaternary nitrogens is 1. The van der Waals surface area contributed by atoms with Crippen LogP contribution in [0.15, 0.2) is 16.9 Å². The molecule has 1 unspecified atom stereocenters. The molecule has 6 nitrogen and oxygen atoms in total. The first-order valence-electron chi connectivity index (χ1n) is 4.41. The minimum absolute atomic E-state index is 0. The Balaban J connectivity index is 0.00000225. The third kappa shape index (κ3) is 4.12. The molecule has 0 amide bonds. The third-order valence-corrected chi connectivity index (χ3v) is 2.26. The number of nitrogens with zero attached hydrogens (tertiary/aromatic N) is 2. The molecule has 0 fully saturated rings. The van der Waals surface area contributed by atoms with Gasteiger partial charge >= 0.3 is 0 Å². The Labute approximate surface area is 102 Å². The standard InChI is InChI=1S/C9H11BrN4O.H2O/c1-6(2-3-11)13-7-4-9(10)12-5-8(7)14-15;/h4-6H,2,14H2,1H3,(H,12,13);1H2. The molecule has 0 aliphatic carbocycles. The highest BCUT2D eigenvalue weighted by Crippen LogP contribution is 2.21. The smallest absolute Gasteiger partial charge is 0.171 e. The maximum Gasteiger partial charge on any atom is 0.171 e. The van der Waals surface area contributed by atoms with Gasteiger partial charge < -0.3 is 21.5 Å². The van der Waals surface area contributed by atoms with Gasteiger partial charge in [0.25, 0.3) is 0 Å². The van der Waals surface area contributed by atoms with Crippen molar-refractivity contribution < 1.29 is 11.0 Å². The molecule has 0 saturated carbocycles. The first-order chi connectivity index (χ1) is 7.17. The van der Waals surface area contributed by atoms with Crippen molar-refractivity contribution >= 4 is 27.3 Å². The Hall–Kier alpha value is -1.20. The van der Waals surface area contributed by atoms with Gasteiger partial charge in [0.2, 0.25) is 0 Å². The quantitative estimate of drug-likeness (QED) is 0.616. The molecule has 0 aromatic carbocycles. The van der Waals surface area contributed by atoms with Gasteiger partial charge in [-0.2, -0.15) is 5.26 Å². The van der Waals surface area contributed by atoms with Crippen molar-refractivity contribution in [3.8, 4) is 6.07 Å². The first kappa shape index (κ1) is 14.8. The zero-order valence-electron chi connectivity index (χ0n) is 8.70. The van der Waals surface area contributed by atoms with Gasteiger partial charge in [0.15, 0.2) is 5.69 Å². The van der Waals surface area contributed by atoms with Gasteiger partial charge in [-0.3, -0.25) is 0 Å². The summed E-state index contributed by atoms with van der Waals surface area (Å²) in [5, 5.41) is 22.3. The highest BCUT2D eigenvalue weighted by atomic mass is 79.9. The van der Waals surface area contributed by atoms with E-state index in [1.54, 1.807) is 6.07 Å². The molecule has 1 heterocycles. The molecule has 0 spiro atoms. The summed E-state index contributed by atoms with van der Waals surface area (Å²) in [6.07, 6.45) is 1.87. The Morgan fingerprint density at radius 3 is 3.00 bits per heavy atom. The van der Waals surface area contributed by atoms with Crippen molar-refractivity contribution in [1.82, 2.24) is 4.98 Å². The number of nitriles is 1. The minimum Gasteiger partial charge on any atom is -0.630 e. The predicted octanol–water partition coefficient (Wildman–Crippen LogP) is 0.426. The molecule has 0 bridgehead atoms. The highest BCUT2D eigenvalue weighted by Gasteiger charge is 2.08. The number of rotatable bonds is 4. The van der Waals surface area contributed by atoms with E-state index in [9.17, 15) is 5.21 Å². The summed E-state index contributed by atoms with van der Waals surface area (Å²) >= 11 is 3.22. The van der Waals surface area contributed by atoms with Crippen LogP contribution in [-0.4, -0.2) is 16.5 Å². The molecule has 1 atom stereocenters. The number of nitrogens with two attached hydrogens (primary N) is 1. The monoisotopic (exact) mass is 288 g/mol. The third-order valence-electron chi connectivity index (χ3n) is 1.83. The molecule has 0 aliphatic rings. The average molecular weight is 289 g/mol. The fraction of sp³-hybridized carbons (Fsp3) is 0.333. The van der Waals surface area contributed by atoms with E-state index >= 15 is 0 Å². The molecule has 5 N–H and O–H groups in total. The summed E-state index contributed by atoms with van der Waals surface area (Å²) in [5.74, 6) is 0. The summed E-state index contributed by atoms with van der Waals surface area (Å²) in [5.41, 5.74) is 1.92. The van der Waals surface area contributed by atoms with E-state index in [1.807, 2.05) is 6.92 Å². The van der Waals surface area contributed by atoms with Gasteiger partial charge in [0.05, 0.1) is 18.7 Å². The summed E-state index contributed by atoms with van der Waals surface area (Å²) in [6, 6.07) is 3.78. The number of aromatic nitrogens is 1. The zero-order chi connectivity index (χ0) is 11.3. The summed E-state index contributed by atoms with van der Waals surface area (Å²) in [7, 11) is 0. The van der Waals surface area contributed by atoms with Crippen LogP contribution in [0, 0.1) is 16.5 Å². The lowest BCUT2D eigenvalue weighted by Crippen LogP contribution is -2.70. The van der Waals surface area contributed by atoms with E-state index in [-0.39, 0.29) is 11.5 Å². The maximum absolute atomic E-state index is 10.7. The van der Waals surface area contributed by atoms with Gasteiger partial charge in [0.1, 0.15) is 10.3 Å². The van der Waals surface area contributed by atoms with Crippen molar-refractivity contribution in [2.75, 3.05) is 5.32 Å². The van der Waals surface area contributed by atoms with E-state index in [2.05, 4.69) is 32.3 Å². The molecular formula is C9H13BrN4O2. The van der Waals surface area contributed by atoms with Crippen molar-refractivity contribution in [2.24, 2.45) is 0 Å². The molecule has 16 heavy (non-hydrogen) atoms. The minimum atomic E-state index is 0. The van der Waals surface area contributed by atoms with E-state index in [0.717, 1.165) is 5.48 Å². The molecule has 88 valence electrons. The second-order valence-corrected chi connectivity index (χ2v) is 3.93. The molecule has 0 radical (unpaired) electrons. The van der Waals surface area contributed by atoms with E-state index in [1.165, 1.54) is 6.20 Å². The Morgan fingerprint density at radius 2 is 2.44 bits per heavy atom. The van der Waals surface area contributed by atoms with Crippen molar-refractivity contribution in [1.29, 1.82) is 5.26 Å². The van der Waals surface area contributed by atoms with E-state index < -0.39 is 0 Å². The molecule has 1 aromatic heterocycles. The average Bonchev–Trinajstić information content (AvgIpc) is 2.18. The van der Waals surface area contributed by atoms with Crippen LogP contribution in [0.4, 0.5) is 11.4 Å². The van der Waals surface area contributed by atoms with Crippen LogP contribution in [0.3, 0.4) is 0 Å². The van der Waals surface area contributed by atoms with Crippen LogP contribution in [0.1, 0.15) is 13.3 Å². The largest absolute Gasteiger partial charge is 0.630 e. The highest BCUT2D eigenvalue weighted by molar-refractivity contribution is 9.10. The molecular weight excluding hydrogens is 276 g/mol.